The van der Waals surface area contributed by atoms with Gasteiger partial charge in [-0.05, 0) is 12.3 Å². The third kappa shape index (κ3) is 3.58. The highest BCUT2D eigenvalue weighted by Gasteiger charge is 2.19. The minimum absolute atomic E-state index is 0.103. The fourth-order valence-corrected chi connectivity index (χ4v) is 2.47. The van der Waals surface area contributed by atoms with Crippen molar-refractivity contribution in [1.29, 1.82) is 0 Å². The van der Waals surface area contributed by atoms with Crippen molar-refractivity contribution >= 4 is 11.3 Å². The van der Waals surface area contributed by atoms with Crippen LogP contribution in [-0.2, 0) is 5.41 Å². The first-order valence-corrected chi connectivity index (χ1v) is 6.40. The Morgan fingerprint density at radius 1 is 1.40 bits per heavy atom. The first-order chi connectivity index (χ1) is 6.80. The lowest BCUT2D eigenvalue weighted by molar-refractivity contribution is 0.503. The van der Waals surface area contributed by atoms with Crippen LogP contribution in [0.15, 0.2) is 5.38 Å². The molecule has 1 atom stereocenters. The van der Waals surface area contributed by atoms with Gasteiger partial charge in [0.25, 0.3) is 0 Å². The maximum atomic E-state index is 6.10. The SMILES string of the molecule is CC(C)CC(N)c1nc(C(C)(C)C)cs1. The lowest BCUT2D eigenvalue weighted by Crippen LogP contribution is -2.15. The normalized spacial score (nSPS) is 14.6. The van der Waals surface area contributed by atoms with Crippen molar-refractivity contribution in [2.24, 2.45) is 11.7 Å². The molecule has 3 heteroatoms. The molecule has 0 aliphatic heterocycles. The number of hydrogen-bond donors (Lipinski definition) is 1. The lowest BCUT2D eigenvalue weighted by Gasteiger charge is -2.15. The summed E-state index contributed by atoms with van der Waals surface area (Å²) in [5.41, 5.74) is 7.39. The topological polar surface area (TPSA) is 38.9 Å². The summed E-state index contributed by atoms with van der Waals surface area (Å²) in [6.07, 6.45) is 1.01. The first-order valence-electron chi connectivity index (χ1n) is 5.52. The number of thiazole rings is 1. The van der Waals surface area contributed by atoms with E-state index in [-0.39, 0.29) is 11.5 Å². The molecule has 1 aromatic rings. The van der Waals surface area contributed by atoms with Gasteiger partial charge in [0.05, 0.1) is 11.7 Å². The Balaban J connectivity index is 2.76. The molecular formula is C12H22N2S. The highest BCUT2D eigenvalue weighted by molar-refractivity contribution is 7.09. The van der Waals surface area contributed by atoms with Gasteiger partial charge < -0.3 is 5.73 Å². The Bertz CT molecular complexity index is 310. The van der Waals surface area contributed by atoms with E-state index in [2.05, 4.69) is 45.0 Å². The van der Waals surface area contributed by atoms with E-state index in [1.54, 1.807) is 11.3 Å². The number of rotatable bonds is 3. The van der Waals surface area contributed by atoms with Crippen LogP contribution < -0.4 is 5.73 Å². The fraction of sp³-hybridized carbons (Fsp3) is 0.750. The van der Waals surface area contributed by atoms with Gasteiger partial charge in [-0.15, -0.1) is 11.3 Å². The van der Waals surface area contributed by atoms with Crippen LogP contribution in [0, 0.1) is 5.92 Å². The summed E-state index contributed by atoms with van der Waals surface area (Å²) in [6.45, 7) is 10.9. The molecule has 1 heterocycles. The third-order valence-electron chi connectivity index (χ3n) is 2.33. The predicted molar refractivity (Wildman–Crippen MR) is 67.2 cm³/mol. The van der Waals surface area contributed by atoms with Crippen molar-refractivity contribution in [3.05, 3.63) is 16.1 Å². The van der Waals surface area contributed by atoms with Crippen LogP contribution in [0.1, 0.15) is 57.8 Å². The Morgan fingerprint density at radius 2 is 2.00 bits per heavy atom. The summed E-state index contributed by atoms with van der Waals surface area (Å²) in [5.74, 6) is 0.627. The van der Waals surface area contributed by atoms with E-state index in [4.69, 9.17) is 5.73 Å². The van der Waals surface area contributed by atoms with Crippen LogP contribution in [0.3, 0.4) is 0 Å². The zero-order valence-electron chi connectivity index (χ0n) is 10.4. The van der Waals surface area contributed by atoms with Gasteiger partial charge in [-0.1, -0.05) is 34.6 Å². The van der Waals surface area contributed by atoms with Crippen molar-refractivity contribution in [1.82, 2.24) is 4.98 Å². The molecule has 0 aromatic carbocycles. The molecule has 0 saturated carbocycles. The van der Waals surface area contributed by atoms with Crippen molar-refractivity contribution in [3.63, 3.8) is 0 Å². The number of hydrogen-bond acceptors (Lipinski definition) is 3. The molecule has 0 aliphatic carbocycles. The molecule has 1 unspecified atom stereocenters. The van der Waals surface area contributed by atoms with Gasteiger partial charge in [-0.3, -0.25) is 0 Å². The third-order valence-corrected chi connectivity index (χ3v) is 3.31. The maximum absolute atomic E-state index is 6.10. The van der Waals surface area contributed by atoms with Crippen molar-refractivity contribution in [2.75, 3.05) is 0 Å². The van der Waals surface area contributed by atoms with Crippen LogP contribution in [-0.4, -0.2) is 4.98 Å². The van der Waals surface area contributed by atoms with Crippen LogP contribution in [0.2, 0.25) is 0 Å². The zero-order chi connectivity index (χ0) is 11.6. The smallest absolute Gasteiger partial charge is 0.110 e. The lowest BCUT2D eigenvalue weighted by atomic mass is 9.93. The maximum Gasteiger partial charge on any atom is 0.110 e. The molecule has 2 N–H and O–H groups in total. The van der Waals surface area contributed by atoms with Gasteiger partial charge in [0.2, 0.25) is 0 Å². The molecule has 1 aromatic heterocycles. The molecule has 0 bridgehead atoms. The number of nitrogens with two attached hydrogens (primary N) is 1. The Kier molecular flexibility index (Phi) is 3.90. The molecule has 0 radical (unpaired) electrons. The second-order valence-corrected chi connectivity index (χ2v) is 6.45. The Hall–Kier alpha value is -0.410. The van der Waals surface area contributed by atoms with E-state index in [9.17, 15) is 0 Å². The highest BCUT2D eigenvalue weighted by atomic mass is 32.1. The monoisotopic (exact) mass is 226 g/mol. The van der Waals surface area contributed by atoms with Gasteiger partial charge in [0.1, 0.15) is 5.01 Å². The van der Waals surface area contributed by atoms with E-state index in [1.165, 1.54) is 0 Å². The highest BCUT2D eigenvalue weighted by Crippen LogP contribution is 2.28. The van der Waals surface area contributed by atoms with Crippen LogP contribution >= 0.6 is 11.3 Å². The molecule has 15 heavy (non-hydrogen) atoms. The molecule has 0 spiro atoms. The Labute approximate surface area is 96.9 Å². The van der Waals surface area contributed by atoms with E-state index in [0.29, 0.717) is 5.92 Å². The summed E-state index contributed by atoms with van der Waals surface area (Å²) in [7, 11) is 0. The molecule has 86 valence electrons. The minimum Gasteiger partial charge on any atom is -0.322 e. The van der Waals surface area contributed by atoms with Crippen LogP contribution in [0.4, 0.5) is 0 Å². The van der Waals surface area contributed by atoms with Crippen molar-refractivity contribution < 1.29 is 0 Å². The molecule has 1 rings (SSSR count). The second kappa shape index (κ2) is 4.62. The molecule has 0 amide bonds. The number of nitrogens with zero attached hydrogens (tertiary/aromatic N) is 1. The molecular weight excluding hydrogens is 204 g/mol. The van der Waals surface area contributed by atoms with Crippen LogP contribution in [0.25, 0.3) is 0 Å². The van der Waals surface area contributed by atoms with E-state index in [1.807, 2.05) is 0 Å². The summed E-state index contributed by atoms with van der Waals surface area (Å²) in [6, 6.07) is 0.103. The zero-order valence-corrected chi connectivity index (χ0v) is 11.2. The largest absolute Gasteiger partial charge is 0.322 e. The van der Waals surface area contributed by atoms with Gasteiger partial charge in [0, 0.05) is 10.8 Å². The number of aromatic nitrogens is 1. The van der Waals surface area contributed by atoms with Crippen molar-refractivity contribution in [2.45, 2.75) is 52.5 Å². The molecule has 0 fully saturated rings. The molecule has 0 aliphatic rings. The second-order valence-electron chi connectivity index (χ2n) is 5.56. The van der Waals surface area contributed by atoms with E-state index >= 15 is 0 Å². The average Bonchev–Trinajstić information content (AvgIpc) is 2.48. The molecule has 0 saturated heterocycles. The summed E-state index contributed by atoms with van der Waals surface area (Å²) in [4.78, 5) is 4.63. The van der Waals surface area contributed by atoms with E-state index in [0.717, 1.165) is 17.1 Å². The predicted octanol–water partition coefficient (Wildman–Crippen LogP) is 3.49. The standard InChI is InChI=1S/C12H22N2S/c1-8(2)6-9(13)11-14-10(7-15-11)12(3,4)5/h7-9H,6,13H2,1-5H3. The van der Waals surface area contributed by atoms with Gasteiger partial charge in [-0.2, -0.15) is 0 Å². The Morgan fingerprint density at radius 3 is 2.40 bits per heavy atom. The first kappa shape index (κ1) is 12.7. The molecule has 2 nitrogen and oxygen atoms in total. The summed E-state index contributed by atoms with van der Waals surface area (Å²) >= 11 is 1.69. The van der Waals surface area contributed by atoms with E-state index < -0.39 is 0 Å². The quantitative estimate of drug-likeness (QED) is 0.857. The average molecular weight is 226 g/mol. The van der Waals surface area contributed by atoms with Crippen LogP contribution in [0.5, 0.6) is 0 Å². The van der Waals surface area contributed by atoms with Gasteiger partial charge in [0.15, 0.2) is 0 Å². The van der Waals surface area contributed by atoms with Gasteiger partial charge >= 0.3 is 0 Å². The van der Waals surface area contributed by atoms with Crippen molar-refractivity contribution in [3.8, 4) is 0 Å². The summed E-state index contributed by atoms with van der Waals surface area (Å²) < 4.78 is 0. The van der Waals surface area contributed by atoms with Gasteiger partial charge in [-0.25, -0.2) is 4.98 Å². The minimum atomic E-state index is 0.103. The summed E-state index contributed by atoms with van der Waals surface area (Å²) in [5, 5.41) is 3.21. The fourth-order valence-electron chi connectivity index (χ4n) is 1.41.